The van der Waals surface area contributed by atoms with E-state index in [1.807, 2.05) is 60.4 Å². The van der Waals surface area contributed by atoms with Crippen LogP contribution in [0.3, 0.4) is 0 Å². The Labute approximate surface area is 198 Å². The second-order valence-electron chi connectivity index (χ2n) is 8.49. The maximum Gasteiger partial charge on any atom is 0.257 e. The van der Waals surface area contributed by atoms with Gasteiger partial charge in [-0.2, -0.15) is 0 Å². The first-order valence-electron chi connectivity index (χ1n) is 11.3. The lowest BCUT2D eigenvalue weighted by atomic mass is 10.1. The van der Waals surface area contributed by atoms with Crippen molar-refractivity contribution in [1.82, 2.24) is 14.8 Å². The highest BCUT2D eigenvalue weighted by molar-refractivity contribution is 7.98. The molecule has 0 aliphatic carbocycles. The van der Waals surface area contributed by atoms with E-state index in [2.05, 4.69) is 34.1 Å². The van der Waals surface area contributed by atoms with Crippen molar-refractivity contribution in [3.63, 3.8) is 0 Å². The summed E-state index contributed by atoms with van der Waals surface area (Å²) in [7, 11) is 0. The predicted octanol–water partition coefficient (Wildman–Crippen LogP) is 5.39. The summed E-state index contributed by atoms with van der Waals surface area (Å²) < 4.78 is 5.84. The average molecular weight is 458 g/mol. The molecule has 0 spiro atoms. The van der Waals surface area contributed by atoms with Crippen LogP contribution in [0.2, 0.25) is 0 Å². The van der Waals surface area contributed by atoms with Crippen LogP contribution in [-0.2, 0) is 12.3 Å². The summed E-state index contributed by atoms with van der Waals surface area (Å²) in [6.45, 7) is 6.29. The molecule has 3 aromatic carbocycles. The van der Waals surface area contributed by atoms with Crippen LogP contribution < -0.4 is 0 Å². The lowest BCUT2D eigenvalue weighted by Crippen LogP contribution is -2.48. The third-order valence-electron chi connectivity index (χ3n) is 5.97. The molecule has 1 aromatic heterocycles. The Balaban J connectivity index is 1.17. The van der Waals surface area contributed by atoms with Gasteiger partial charge in [0.1, 0.15) is 5.52 Å². The van der Waals surface area contributed by atoms with E-state index in [4.69, 9.17) is 4.42 Å². The fourth-order valence-corrected chi connectivity index (χ4v) is 4.93. The minimum Gasteiger partial charge on any atom is -0.431 e. The summed E-state index contributed by atoms with van der Waals surface area (Å²) in [6, 6.07) is 24.4. The van der Waals surface area contributed by atoms with Crippen molar-refractivity contribution >= 4 is 28.8 Å². The number of amides is 1. The van der Waals surface area contributed by atoms with Gasteiger partial charge in [-0.15, -0.1) is 0 Å². The number of piperazine rings is 1. The molecule has 1 fully saturated rings. The molecule has 0 saturated carbocycles. The highest BCUT2D eigenvalue weighted by Gasteiger charge is 2.22. The van der Waals surface area contributed by atoms with Gasteiger partial charge in [0.15, 0.2) is 5.58 Å². The molecule has 1 amide bonds. The van der Waals surface area contributed by atoms with E-state index in [0.29, 0.717) is 11.0 Å². The van der Waals surface area contributed by atoms with E-state index in [9.17, 15) is 4.79 Å². The lowest BCUT2D eigenvalue weighted by molar-refractivity contribution is 0.0628. The fourth-order valence-electron chi connectivity index (χ4n) is 4.15. The van der Waals surface area contributed by atoms with E-state index in [1.165, 1.54) is 11.1 Å². The van der Waals surface area contributed by atoms with Crippen LogP contribution in [-0.4, -0.2) is 46.9 Å². The van der Waals surface area contributed by atoms with Crippen molar-refractivity contribution in [2.24, 2.45) is 0 Å². The number of aromatic nitrogens is 1. The topological polar surface area (TPSA) is 49.6 Å². The molecule has 2 heterocycles. The summed E-state index contributed by atoms with van der Waals surface area (Å²) in [5.74, 6) is 0.816. The quantitative estimate of drug-likeness (QED) is 0.364. The summed E-state index contributed by atoms with van der Waals surface area (Å²) in [5.41, 5.74) is 6.01. The number of fused-ring (bicyclic) bond motifs is 1. The van der Waals surface area contributed by atoms with Crippen molar-refractivity contribution in [2.75, 3.05) is 26.2 Å². The van der Waals surface area contributed by atoms with Gasteiger partial charge >= 0.3 is 0 Å². The molecule has 0 atom stereocenters. The van der Waals surface area contributed by atoms with Crippen LogP contribution in [0.25, 0.3) is 11.1 Å². The zero-order valence-electron chi connectivity index (χ0n) is 18.7. The van der Waals surface area contributed by atoms with Gasteiger partial charge in [0, 0.05) is 44.0 Å². The second kappa shape index (κ2) is 9.81. The SMILES string of the molecule is Cc1ccc2oc(SCc3cccc(C(=O)N4CCN(Cc5ccccc5)CC4)c3)nc2c1. The third kappa shape index (κ3) is 5.29. The molecular formula is C27H27N3O2S. The molecule has 1 aliphatic rings. The van der Waals surface area contributed by atoms with Gasteiger partial charge in [0.25, 0.3) is 11.1 Å². The Morgan fingerprint density at radius 2 is 1.73 bits per heavy atom. The van der Waals surface area contributed by atoms with Crippen LogP contribution in [0.4, 0.5) is 0 Å². The highest BCUT2D eigenvalue weighted by Crippen LogP contribution is 2.27. The number of aryl methyl sites for hydroxylation is 1. The number of carbonyl (C=O) groups excluding carboxylic acids is 1. The number of oxazole rings is 1. The number of rotatable bonds is 6. The Morgan fingerprint density at radius 3 is 2.55 bits per heavy atom. The van der Waals surface area contributed by atoms with E-state index in [0.717, 1.165) is 55.0 Å². The van der Waals surface area contributed by atoms with Crippen LogP contribution in [0.5, 0.6) is 0 Å². The molecule has 0 bridgehead atoms. The van der Waals surface area contributed by atoms with Crippen molar-refractivity contribution < 1.29 is 9.21 Å². The molecule has 5 nitrogen and oxygen atoms in total. The molecule has 33 heavy (non-hydrogen) atoms. The van der Waals surface area contributed by atoms with Gasteiger partial charge in [0.2, 0.25) is 0 Å². The standard InChI is InChI=1S/C27H27N3O2S/c1-20-10-11-25-24(16-20)28-27(32-25)33-19-22-8-5-9-23(17-22)26(31)30-14-12-29(13-15-30)18-21-6-3-2-4-7-21/h2-11,16-17H,12-15,18-19H2,1H3. The first-order valence-corrected chi connectivity index (χ1v) is 12.3. The average Bonchev–Trinajstić information content (AvgIpc) is 3.26. The van der Waals surface area contributed by atoms with Crippen LogP contribution in [0.1, 0.15) is 27.0 Å². The van der Waals surface area contributed by atoms with E-state index < -0.39 is 0 Å². The van der Waals surface area contributed by atoms with Gasteiger partial charge in [-0.3, -0.25) is 9.69 Å². The van der Waals surface area contributed by atoms with Gasteiger partial charge in [-0.1, -0.05) is 60.3 Å². The van der Waals surface area contributed by atoms with E-state index >= 15 is 0 Å². The molecule has 0 unspecified atom stereocenters. The molecule has 5 rings (SSSR count). The predicted molar refractivity (Wildman–Crippen MR) is 132 cm³/mol. The summed E-state index contributed by atoms with van der Waals surface area (Å²) in [4.78, 5) is 22.1. The summed E-state index contributed by atoms with van der Waals surface area (Å²) >= 11 is 1.55. The van der Waals surface area contributed by atoms with Crippen LogP contribution in [0, 0.1) is 6.92 Å². The molecule has 0 N–H and O–H groups in total. The number of thioether (sulfide) groups is 1. The Bertz CT molecular complexity index is 1250. The minimum absolute atomic E-state index is 0.110. The van der Waals surface area contributed by atoms with Crippen molar-refractivity contribution in [3.8, 4) is 0 Å². The molecule has 4 aromatic rings. The fraction of sp³-hybridized carbons (Fsp3) is 0.259. The molecular weight excluding hydrogens is 430 g/mol. The first kappa shape index (κ1) is 21.7. The van der Waals surface area contributed by atoms with Crippen LogP contribution >= 0.6 is 11.8 Å². The van der Waals surface area contributed by atoms with Gasteiger partial charge in [0.05, 0.1) is 0 Å². The van der Waals surface area contributed by atoms with E-state index in [1.54, 1.807) is 11.8 Å². The first-order chi connectivity index (χ1) is 16.1. The monoisotopic (exact) mass is 457 g/mol. The van der Waals surface area contributed by atoms with Crippen LogP contribution in [0.15, 0.2) is 82.4 Å². The third-order valence-corrected chi connectivity index (χ3v) is 6.87. The number of hydrogen-bond acceptors (Lipinski definition) is 5. The van der Waals surface area contributed by atoms with Crippen molar-refractivity contribution in [3.05, 3.63) is 95.1 Å². The zero-order valence-corrected chi connectivity index (χ0v) is 19.6. The number of hydrogen-bond donors (Lipinski definition) is 0. The van der Waals surface area contributed by atoms with Crippen molar-refractivity contribution in [2.45, 2.75) is 24.4 Å². The number of nitrogens with zero attached hydrogens (tertiary/aromatic N) is 3. The number of carbonyl (C=O) groups is 1. The zero-order chi connectivity index (χ0) is 22.6. The normalized spacial score (nSPS) is 14.6. The molecule has 1 aliphatic heterocycles. The lowest BCUT2D eigenvalue weighted by Gasteiger charge is -2.34. The maximum atomic E-state index is 13.1. The largest absolute Gasteiger partial charge is 0.431 e. The van der Waals surface area contributed by atoms with E-state index in [-0.39, 0.29) is 5.91 Å². The van der Waals surface area contributed by atoms with Gasteiger partial charge in [-0.25, -0.2) is 4.98 Å². The van der Waals surface area contributed by atoms with Gasteiger partial charge in [-0.05, 0) is 47.9 Å². The Hall–Kier alpha value is -3.09. The Morgan fingerprint density at radius 1 is 0.939 bits per heavy atom. The highest BCUT2D eigenvalue weighted by atomic mass is 32.2. The van der Waals surface area contributed by atoms with Crippen molar-refractivity contribution in [1.29, 1.82) is 0 Å². The minimum atomic E-state index is 0.110. The number of benzene rings is 3. The molecule has 168 valence electrons. The smallest absolute Gasteiger partial charge is 0.257 e. The second-order valence-corrected chi connectivity index (χ2v) is 9.42. The Kier molecular flexibility index (Phi) is 6.46. The maximum absolute atomic E-state index is 13.1. The molecule has 6 heteroatoms. The van der Waals surface area contributed by atoms with Gasteiger partial charge < -0.3 is 9.32 Å². The summed E-state index contributed by atoms with van der Waals surface area (Å²) in [6.07, 6.45) is 0. The molecule has 1 saturated heterocycles. The molecule has 0 radical (unpaired) electrons. The summed E-state index contributed by atoms with van der Waals surface area (Å²) in [5, 5.41) is 0.655.